The maximum atomic E-state index is 12.0. The van der Waals surface area contributed by atoms with Gasteiger partial charge in [0.1, 0.15) is 5.75 Å². The average molecular weight is 385 g/mol. The molecule has 0 fully saturated rings. The number of carbonyl (C=O) groups is 2. The Morgan fingerprint density at radius 2 is 1.31 bits per heavy atom. The molecular weight excluding hydrogens is 366 g/mol. The van der Waals surface area contributed by atoms with Crippen LogP contribution in [0.25, 0.3) is 21.5 Å². The first-order chi connectivity index (χ1) is 14.2. The molecule has 0 aromatic heterocycles. The molecule has 0 saturated heterocycles. The Morgan fingerprint density at radius 3 is 2.03 bits per heavy atom. The van der Waals surface area contributed by atoms with Gasteiger partial charge in [0.15, 0.2) is 13.2 Å². The van der Waals surface area contributed by atoms with Gasteiger partial charge in [-0.25, -0.2) is 4.79 Å². The summed E-state index contributed by atoms with van der Waals surface area (Å²) in [6, 6.07) is 26.9. The van der Waals surface area contributed by atoms with Gasteiger partial charge >= 0.3 is 5.97 Å². The number of amides is 1. The highest BCUT2D eigenvalue weighted by Gasteiger charge is 2.09. The van der Waals surface area contributed by atoms with Gasteiger partial charge in [0.05, 0.1) is 0 Å². The molecule has 0 spiro atoms. The topological polar surface area (TPSA) is 64.6 Å². The van der Waals surface area contributed by atoms with Crippen molar-refractivity contribution >= 4 is 39.1 Å². The van der Waals surface area contributed by atoms with Crippen molar-refractivity contribution in [1.82, 2.24) is 0 Å². The average Bonchev–Trinajstić information content (AvgIpc) is 2.76. The van der Waals surface area contributed by atoms with E-state index in [1.807, 2.05) is 78.9 Å². The van der Waals surface area contributed by atoms with Crippen molar-refractivity contribution in [1.29, 1.82) is 0 Å². The highest BCUT2D eigenvalue weighted by atomic mass is 16.6. The number of carbonyl (C=O) groups excluding carboxylic acids is 2. The van der Waals surface area contributed by atoms with Gasteiger partial charge in [-0.15, -0.1) is 0 Å². The molecule has 1 amide bonds. The first kappa shape index (κ1) is 18.5. The molecule has 0 aliphatic heterocycles. The summed E-state index contributed by atoms with van der Waals surface area (Å²) >= 11 is 0. The maximum Gasteiger partial charge on any atom is 0.344 e. The predicted molar refractivity (Wildman–Crippen MR) is 113 cm³/mol. The minimum absolute atomic E-state index is 0.262. The molecule has 0 saturated carbocycles. The zero-order valence-corrected chi connectivity index (χ0v) is 15.6. The lowest BCUT2D eigenvalue weighted by Crippen LogP contribution is -2.23. The molecule has 0 unspecified atom stereocenters. The summed E-state index contributed by atoms with van der Waals surface area (Å²) in [5, 5.41) is 6.94. The van der Waals surface area contributed by atoms with Gasteiger partial charge in [0, 0.05) is 5.69 Å². The van der Waals surface area contributed by atoms with E-state index in [0.717, 1.165) is 21.5 Å². The number of fused-ring (bicyclic) bond motifs is 2. The molecule has 144 valence electrons. The number of benzene rings is 4. The van der Waals surface area contributed by atoms with Crippen LogP contribution >= 0.6 is 0 Å². The SMILES string of the molecule is O=C(COC(=O)COc1ccc2ccccc2c1)Nc1ccc2ccccc2c1. The summed E-state index contributed by atoms with van der Waals surface area (Å²) in [5.74, 6) is -0.438. The monoisotopic (exact) mass is 385 g/mol. The summed E-state index contributed by atoms with van der Waals surface area (Å²) in [5.41, 5.74) is 0.650. The number of esters is 1. The second-order valence-electron chi connectivity index (χ2n) is 6.57. The standard InChI is InChI=1S/C24H19NO4/c26-23(25-21-11-9-17-5-1-3-7-19(17)13-21)15-29-24(27)16-28-22-12-10-18-6-2-4-8-20(18)14-22/h1-14H,15-16H2,(H,25,26). The molecule has 1 N–H and O–H groups in total. The van der Waals surface area contributed by atoms with Gasteiger partial charge in [0.2, 0.25) is 0 Å². The summed E-state index contributed by atoms with van der Waals surface area (Å²) < 4.78 is 10.5. The van der Waals surface area contributed by atoms with Crippen LogP contribution in [0.15, 0.2) is 84.9 Å². The number of hydrogen-bond acceptors (Lipinski definition) is 4. The number of ether oxygens (including phenoxy) is 2. The van der Waals surface area contributed by atoms with Gasteiger partial charge in [-0.3, -0.25) is 4.79 Å². The van der Waals surface area contributed by atoms with Crippen molar-refractivity contribution in [2.45, 2.75) is 0 Å². The van der Waals surface area contributed by atoms with Gasteiger partial charge in [-0.1, -0.05) is 60.7 Å². The van der Waals surface area contributed by atoms with Crippen molar-refractivity contribution in [2.24, 2.45) is 0 Å². The van der Waals surface area contributed by atoms with Crippen LogP contribution in [0.5, 0.6) is 5.75 Å². The van der Waals surface area contributed by atoms with Gasteiger partial charge < -0.3 is 14.8 Å². The number of rotatable bonds is 6. The second-order valence-corrected chi connectivity index (χ2v) is 6.57. The summed E-state index contributed by atoms with van der Waals surface area (Å²) in [4.78, 5) is 23.9. The van der Waals surface area contributed by atoms with Crippen LogP contribution in [-0.2, 0) is 14.3 Å². The van der Waals surface area contributed by atoms with Crippen LogP contribution in [-0.4, -0.2) is 25.1 Å². The van der Waals surface area contributed by atoms with E-state index in [4.69, 9.17) is 9.47 Å². The van der Waals surface area contributed by atoms with Crippen LogP contribution in [0.2, 0.25) is 0 Å². The molecule has 4 aromatic rings. The molecule has 4 rings (SSSR count). The fraction of sp³-hybridized carbons (Fsp3) is 0.0833. The Kier molecular flexibility index (Phi) is 5.38. The molecule has 0 aliphatic carbocycles. The largest absolute Gasteiger partial charge is 0.482 e. The number of nitrogens with one attached hydrogen (secondary N) is 1. The van der Waals surface area contributed by atoms with E-state index in [1.165, 1.54) is 0 Å². The molecule has 0 aliphatic rings. The highest BCUT2D eigenvalue weighted by molar-refractivity contribution is 5.95. The molecular formula is C24H19NO4. The van der Waals surface area contributed by atoms with E-state index in [2.05, 4.69) is 5.32 Å². The Balaban J connectivity index is 1.26. The van der Waals surface area contributed by atoms with Crippen molar-refractivity contribution < 1.29 is 19.1 Å². The molecule has 5 nitrogen and oxygen atoms in total. The molecule has 0 atom stereocenters. The molecule has 4 aromatic carbocycles. The molecule has 5 heteroatoms. The smallest absolute Gasteiger partial charge is 0.344 e. The van der Waals surface area contributed by atoms with Gasteiger partial charge in [0.25, 0.3) is 5.91 Å². The third kappa shape index (κ3) is 4.71. The Labute approximate surface area is 167 Å². The van der Waals surface area contributed by atoms with Crippen molar-refractivity contribution in [3.8, 4) is 5.75 Å². The fourth-order valence-electron chi connectivity index (χ4n) is 3.05. The Bertz CT molecular complexity index is 1190. The minimum atomic E-state index is -0.605. The minimum Gasteiger partial charge on any atom is -0.482 e. The predicted octanol–water partition coefficient (Wildman–Crippen LogP) is 4.55. The van der Waals surface area contributed by atoms with E-state index in [0.29, 0.717) is 11.4 Å². The van der Waals surface area contributed by atoms with Crippen LogP contribution < -0.4 is 10.1 Å². The Morgan fingerprint density at radius 1 is 0.690 bits per heavy atom. The zero-order chi connectivity index (χ0) is 20.1. The third-order valence-corrected chi connectivity index (χ3v) is 4.48. The number of anilines is 1. The lowest BCUT2D eigenvalue weighted by Gasteiger charge is -2.09. The van der Waals surface area contributed by atoms with E-state index in [9.17, 15) is 9.59 Å². The van der Waals surface area contributed by atoms with E-state index in [-0.39, 0.29) is 13.2 Å². The summed E-state index contributed by atoms with van der Waals surface area (Å²) in [6.07, 6.45) is 0. The van der Waals surface area contributed by atoms with Crippen molar-refractivity contribution in [2.75, 3.05) is 18.5 Å². The lowest BCUT2D eigenvalue weighted by atomic mass is 10.1. The molecule has 29 heavy (non-hydrogen) atoms. The molecule has 0 heterocycles. The van der Waals surface area contributed by atoms with Gasteiger partial charge in [-0.05, 0) is 45.8 Å². The number of hydrogen-bond donors (Lipinski definition) is 1. The van der Waals surface area contributed by atoms with Gasteiger partial charge in [-0.2, -0.15) is 0 Å². The summed E-state index contributed by atoms with van der Waals surface area (Å²) in [6.45, 7) is -0.631. The van der Waals surface area contributed by atoms with E-state index < -0.39 is 11.9 Å². The fourth-order valence-corrected chi connectivity index (χ4v) is 3.05. The first-order valence-corrected chi connectivity index (χ1v) is 9.23. The van der Waals surface area contributed by atoms with Crippen LogP contribution in [0, 0.1) is 0 Å². The third-order valence-electron chi connectivity index (χ3n) is 4.48. The molecule has 0 radical (unpaired) electrons. The quantitative estimate of drug-likeness (QED) is 0.495. The first-order valence-electron chi connectivity index (χ1n) is 9.23. The van der Waals surface area contributed by atoms with Crippen LogP contribution in [0.3, 0.4) is 0 Å². The van der Waals surface area contributed by atoms with Crippen molar-refractivity contribution in [3.05, 3.63) is 84.9 Å². The van der Waals surface area contributed by atoms with Crippen molar-refractivity contribution in [3.63, 3.8) is 0 Å². The van der Waals surface area contributed by atoms with Crippen LogP contribution in [0.1, 0.15) is 0 Å². The molecule has 0 bridgehead atoms. The Hall–Kier alpha value is -3.86. The zero-order valence-electron chi connectivity index (χ0n) is 15.6. The maximum absolute atomic E-state index is 12.0. The second kappa shape index (κ2) is 8.44. The van der Waals surface area contributed by atoms with E-state index in [1.54, 1.807) is 6.07 Å². The van der Waals surface area contributed by atoms with E-state index >= 15 is 0 Å². The lowest BCUT2D eigenvalue weighted by molar-refractivity contribution is -0.149. The highest BCUT2D eigenvalue weighted by Crippen LogP contribution is 2.21. The summed E-state index contributed by atoms with van der Waals surface area (Å²) in [7, 11) is 0. The normalized spacial score (nSPS) is 10.6. The van der Waals surface area contributed by atoms with Crippen LogP contribution in [0.4, 0.5) is 5.69 Å².